The Morgan fingerprint density at radius 1 is 1.30 bits per heavy atom. The van der Waals surface area contributed by atoms with Gasteiger partial charge in [0.15, 0.2) is 0 Å². The van der Waals surface area contributed by atoms with Gasteiger partial charge in [-0.3, -0.25) is 4.90 Å². The smallest absolute Gasteiger partial charge is 0.317 e. The minimum Gasteiger partial charge on any atom is -0.392 e. The number of benzene rings is 1. The first kappa shape index (κ1) is 17.8. The highest BCUT2D eigenvalue weighted by Gasteiger charge is 2.24. The SMILES string of the molecule is Cc1ccc(C(CNC(=O)N(C)CC(C)O)N2CCCC2)cc1. The number of nitrogens with zero attached hydrogens (tertiary/aromatic N) is 2. The summed E-state index contributed by atoms with van der Waals surface area (Å²) >= 11 is 0. The summed E-state index contributed by atoms with van der Waals surface area (Å²) in [5.74, 6) is 0. The van der Waals surface area contributed by atoms with Gasteiger partial charge >= 0.3 is 6.03 Å². The third kappa shape index (κ3) is 5.22. The van der Waals surface area contributed by atoms with Crippen LogP contribution in [0, 0.1) is 6.92 Å². The fraction of sp³-hybridized carbons (Fsp3) is 0.611. The molecule has 2 rings (SSSR count). The number of aryl methyl sites for hydroxylation is 1. The number of nitrogens with one attached hydrogen (secondary N) is 1. The van der Waals surface area contributed by atoms with Crippen molar-refractivity contribution in [1.29, 1.82) is 0 Å². The molecule has 1 aliphatic heterocycles. The molecule has 1 saturated heterocycles. The summed E-state index contributed by atoms with van der Waals surface area (Å²) in [6.07, 6.45) is 1.92. The largest absolute Gasteiger partial charge is 0.392 e. The van der Waals surface area contributed by atoms with Gasteiger partial charge in [-0.1, -0.05) is 29.8 Å². The Hall–Kier alpha value is -1.59. The third-order valence-electron chi connectivity index (χ3n) is 4.37. The van der Waals surface area contributed by atoms with E-state index < -0.39 is 6.10 Å². The molecule has 2 atom stereocenters. The predicted molar refractivity (Wildman–Crippen MR) is 92.4 cm³/mol. The number of carbonyl (C=O) groups excluding carboxylic acids is 1. The molecule has 1 fully saturated rings. The third-order valence-corrected chi connectivity index (χ3v) is 4.37. The number of hydrogen-bond donors (Lipinski definition) is 2. The molecule has 0 aliphatic carbocycles. The fourth-order valence-corrected chi connectivity index (χ4v) is 3.10. The highest BCUT2D eigenvalue weighted by molar-refractivity contribution is 5.73. The number of aliphatic hydroxyl groups excluding tert-OH is 1. The normalized spacial score (nSPS) is 17.7. The maximum absolute atomic E-state index is 12.2. The number of likely N-dealkylation sites (N-methyl/N-ethyl adjacent to an activating group) is 1. The molecule has 5 nitrogen and oxygen atoms in total. The Morgan fingerprint density at radius 3 is 2.48 bits per heavy atom. The summed E-state index contributed by atoms with van der Waals surface area (Å²) < 4.78 is 0. The number of hydrogen-bond acceptors (Lipinski definition) is 3. The summed E-state index contributed by atoms with van der Waals surface area (Å²) in [5.41, 5.74) is 2.49. The molecule has 0 bridgehead atoms. The van der Waals surface area contributed by atoms with E-state index in [-0.39, 0.29) is 12.1 Å². The fourth-order valence-electron chi connectivity index (χ4n) is 3.10. The second kappa shape index (κ2) is 8.31. The zero-order valence-corrected chi connectivity index (χ0v) is 14.5. The van der Waals surface area contributed by atoms with Crippen molar-refractivity contribution in [2.24, 2.45) is 0 Å². The molecular formula is C18H29N3O2. The molecule has 2 amide bonds. The number of likely N-dealkylation sites (tertiary alicyclic amines) is 1. The molecule has 23 heavy (non-hydrogen) atoms. The van der Waals surface area contributed by atoms with E-state index in [9.17, 15) is 9.90 Å². The highest BCUT2D eigenvalue weighted by Crippen LogP contribution is 2.24. The van der Waals surface area contributed by atoms with Crippen LogP contribution in [0.4, 0.5) is 4.79 Å². The molecular weight excluding hydrogens is 290 g/mol. The minimum atomic E-state index is -0.516. The van der Waals surface area contributed by atoms with Crippen LogP contribution in [0.5, 0.6) is 0 Å². The van der Waals surface area contributed by atoms with Crippen molar-refractivity contribution in [2.45, 2.75) is 38.8 Å². The maximum Gasteiger partial charge on any atom is 0.317 e. The summed E-state index contributed by atoms with van der Waals surface area (Å²) in [7, 11) is 1.71. The van der Waals surface area contributed by atoms with Crippen molar-refractivity contribution in [3.63, 3.8) is 0 Å². The number of amides is 2. The standard InChI is InChI=1S/C18H29N3O2/c1-14-6-8-16(9-7-14)17(21-10-4-5-11-21)12-19-18(23)20(3)13-15(2)22/h6-9,15,17,22H,4-5,10-13H2,1-3H3,(H,19,23). The van der Waals surface area contributed by atoms with Gasteiger partial charge in [0.05, 0.1) is 12.1 Å². The van der Waals surface area contributed by atoms with Crippen LogP contribution in [-0.2, 0) is 0 Å². The van der Waals surface area contributed by atoms with Crippen molar-refractivity contribution >= 4 is 6.03 Å². The number of aliphatic hydroxyl groups is 1. The molecule has 0 saturated carbocycles. The lowest BCUT2D eigenvalue weighted by Crippen LogP contribution is -2.44. The molecule has 1 heterocycles. The van der Waals surface area contributed by atoms with E-state index in [0.717, 1.165) is 13.1 Å². The van der Waals surface area contributed by atoms with E-state index in [4.69, 9.17) is 0 Å². The van der Waals surface area contributed by atoms with Crippen molar-refractivity contribution in [1.82, 2.24) is 15.1 Å². The van der Waals surface area contributed by atoms with Crippen molar-refractivity contribution in [3.8, 4) is 0 Å². The molecule has 2 unspecified atom stereocenters. The predicted octanol–water partition coefficient (Wildman–Crippen LogP) is 2.15. The van der Waals surface area contributed by atoms with Crippen LogP contribution in [0.2, 0.25) is 0 Å². The monoisotopic (exact) mass is 319 g/mol. The number of urea groups is 1. The van der Waals surface area contributed by atoms with Gasteiger partial charge < -0.3 is 15.3 Å². The lowest BCUT2D eigenvalue weighted by Gasteiger charge is -2.29. The quantitative estimate of drug-likeness (QED) is 0.845. The lowest BCUT2D eigenvalue weighted by molar-refractivity contribution is 0.142. The van der Waals surface area contributed by atoms with E-state index in [1.54, 1.807) is 14.0 Å². The molecule has 1 aromatic rings. The first-order chi connectivity index (χ1) is 11.0. The van der Waals surface area contributed by atoms with E-state index in [2.05, 4.69) is 41.4 Å². The Balaban J connectivity index is 2.00. The topological polar surface area (TPSA) is 55.8 Å². The Bertz CT molecular complexity index is 495. The summed E-state index contributed by atoms with van der Waals surface area (Å²) in [4.78, 5) is 16.1. The highest BCUT2D eigenvalue weighted by atomic mass is 16.3. The van der Waals surface area contributed by atoms with Crippen LogP contribution < -0.4 is 5.32 Å². The molecule has 128 valence electrons. The van der Waals surface area contributed by atoms with Gasteiger partial charge in [0.25, 0.3) is 0 Å². The second-order valence-corrected chi connectivity index (χ2v) is 6.59. The van der Waals surface area contributed by atoms with Crippen molar-refractivity contribution in [2.75, 3.05) is 33.2 Å². The van der Waals surface area contributed by atoms with Gasteiger partial charge in [-0.2, -0.15) is 0 Å². The van der Waals surface area contributed by atoms with Crippen LogP contribution in [0.25, 0.3) is 0 Å². The van der Waals surface area contributed by atoms with Gasteiger partial charge in [0.2, 0.25) is 0 Å². The van der Waals surface area contributed by atoms with E-state index in [1.165, 1.54) is 28.9 Å². The van der Waals surface area contributed by atoms with Gasteiger partial charge in [-0.25, -0.2) is 4.79 Å². The lowest BCUT2D eigenvalue weighted by atomic mass is 10.0. The first-order valence-electron chi connectivity index (χ1n) is 8.45. The Kier molecular flexibility index (Phi) is 6.42. The summed E-state index contributed by atoms with van der Waals surface area (Å²) in [6, 6.07) is 8.64. The second-order valence-electron chi connectivity index (χ2n) is 6.59. The Morgan fingerprint density at radius 2 is 1.91 bits per heavy atom. The van der Waals surface area contributed by atoms with Gasteiger partial charge in [-0.15, -0.1) is 0 Å². The zero-order chi connectivity index (χ0) is 16.8. The van der Waals surface area contributed by atoms with Crippen LogP contribution in [0.1, 0.15) is 36.9 Å². The molecule has 0 aromatic heterocycles. The maximum atomic E-state index is 12.2. The van der Waals surface area contributed by atoms with E-state index >= 15 is 0 Å². The average Bonchev–Trinajstić information content (AvgIpc) is 3.02. The van der Waals surface area contributed by atoms with Gasteiger partial charge in [-0.05, 0) is 45.3 Å². The molecule has 0 radical (unpaired) electrons. The van der Waals surface area contributed by atoms with Crippen LogP contribution >= 0.6 is 0 Å². The summed E-state index contributed by atoms with van der Waals surface area (Å²) in [6.45, 7) is 6.86. The average molecular weight is 319 g/mol. The van der Waals surface area contributed by atoms with Crippen LogP contribution in [-0.4, -0.2) is 60.3 Å². The zero-order valence-electron chi connectivity index (χ0n) is 14.5. The van der Waals surface area contributed by atoms with E-state index in [0.29, 0.717) is 13.1 Å². The van der Waals surface area contributed by atoms with Gasteiger partial charge in [0, 0.05) is 20.1 Å². The number of carbonyl (C=O) groups is 1. The molecule has 1 aliphatic rings. The van der Waals surface area contributed by atoms with Crippen molar-refractivity contribution in [3.05, 3.63) is 35.4 Å². The minimum absolute atomic E-state index is 0.137. The molecule has 2 N–H and O–H groups in total. The summed E-state index contributed by atoms with van der Waals surface area (Å²) in [5, 5.41) is 12.4. The molecule has 0 spiro atoms. The van der Waals surface area contributed by atoms with Crippen LogP contribution in [0.15, 0.2) is 24.3 Å². The molecule has 1 aromatic carbocycles. The Labute approximate surface area is 139 Å². The molecule has 5 heteroatoms. The van der Waals surface area contributed by atoms with Gasteiger partial charge in [0.1, 0.15) is 0 Å². The van der Waals surface area contributed by atoms with Crippen molar-refractivity contribution < 1.29 is 9.90 Å². The number of rotatable bonds is 6. The van der Waals surface area contributed by atoms with E-state index in [1.807, 2.05) is 0 Å². The first-order valence-corrected chi connectivity index (χ1v) is 8.45. The van der Waals surface area contributed by atoms with Crippen LogP contribution in [0.3, 0.4) is 0 Å².